The van der Waals surface area contributed by atoms with E-state index >= 15 is 0 Å². The molecule has 0 radical (unpaired) electrons. The van der Waals surface area contributed by atoms with Gasteiger partial charge in [-0.1, -0.05) is 205 Å². The molecule has 0 aliphatic carbocycles. The van der Waals surface area contributed by atoms with E-state index in [1.165, 1.54) is 128 Å². The van der Waals surface area contributed by atoms with E-state index in [1.54, 1.807) is 6.08 Å². The minimum atomic E-state index is -5.12. The smallest absolute Gasteiger partial charge is 0.394 e. The summed E-state index contributed by atoms with van der Waals surface area (Å²) in [6.07, 6.45) is 35.4. The number of hydrogen-bond donors (Lipinski definition) is 7. The molecule has 1 fully saturated rings. The van der Waals surface area contributed by atoms with Crippen molar-refractivity contribution < 1.29 is 57.0 Å². The molecule has 1 rings (SSSR count). The first-order valence-electron chi connectivity index (χ1n) is 25.8. The molecule has 0 aromatic heterocycles. The summed E-state index contributed by atoms with van der Waals surface area (Å²) in [7, 11) is -5.12. The Labute approximate surface area is 389 Å². The predicted octanol–water partition coefficient (Wildman–Crippen LogP) is 9.86. The van der Waals surface area contributed by atoms with Crippen LogP contribution in [0.2, 0.25) is 0 Å². The maximum Gasteiger partial charge on any atom is 0.397 e. The molecule has 0 aromatic rings. The Morgan fingerprint density at radius 3 is 1.47 bits per heavy atom. The number of ether oxygens (including phenoxy) is 2. The quantitative estimate of drug-likeness (QED) is 0.0173. The zero-order valence-electron chi connectivity index (χ0n) is 40.2. The van der Waals surface area contributed by atoms with Crippen LogP contribution in [0.5, 0.6) is 0 Å². The molecule has 0 saturated carbocycles. The standard InChI is InChI=1S/C50H95NO12S/c1-3-5-7-9-11-13-15-17-19-20-21-22-23-24-25-27-28-30-32-34-36-38-43(53)42(41-61-50-47(56)48(63-64(58,59)60)46(55)45(40-52)62-50)51-49(57)44(54)39-37-35-33-31-29-26-18-16-14-12-10-8-6-4-2/h14,16,36,38,42-48,50,52-56H,3-13,15,17-35,37,39-41H2,1-2H3,(H,51,57)(H,58,59,60)/b16-14-,38-36+. The van der Waals surface area contributed by atoms with Gasteiger partial charge in [0, 0.05) is 0 Å². The Kier molecular flexibility index (Phi) is 38.4. The van der Waals surface area contributed by atoms with Crippen molar-refractivity contribution in [1.82, 2.24) is 5.32 Å². The number of rotatable bonds is 44. The molecule has 8 atom stereocenters. The topological polar surface area (TPSA) is 212 Å². The number of carbonyl (C=O) groups excluding carboxylic acids is 1. The summed E-state index contributed by atoms with van der Waals surface area (Å²) >= 11 is 0. The van der Waals surface area contributed by atoms with Crippen LogP contribution >= 0.6 is 0 Å². The average molecular weight is 934 g/mol. The lowest BCUT2D eigenvalue weighted by molar-refractivity contribution is -0.298. The minimum absolute atomic E-state index is 0.237. The van der Waals surface area contributed by atoms with Gasteiger partial charge in [-0.05, 0) is 44.9 Å². The third-order valence-electron chi connectivity index (χ3n) is 12.3. The molecule has 7 N–H and O–H groups in total. The van der Waals surface area contributed by atoms with Gasteiger partial charge >= 0.3 is 10.4 Å². The number of unbranched alkanes of at least 4 members (excludes halogenated alkanes) is 29. The SMILES string of the molecule is CCCCCC/C=C\CCCCCCCCC(O)C(=O)NC(COC1OC(CO)C(O)C(OS(=O)(=O)O)C1O)C(O)/C=C/CCCCCCCCCCCCCCCCCCCCC. The Balaban J connectivity index is 2.51. The van der Waals surface area contributed by atoms with Crippen molar-refractivity contribution in [2.45, 2.75) is 275 Å². The molecule has 13 nitrogen and oxygen atoms in total. The van der Waals surface area contributed by atoms with E-state index in [4.69, 9.17) is 9.47 Å². The van der Waals surface area contributed by atoms with Crippen molar-refractivity contribution in [3.63, 3.8) is 0 Å². The summed E-state index contributed by atoms with van der Waals surface area (Å²) in [5.41, 5.74) is 0. The Bertz CT molecular complexity index is 1250. The molecule has 0 aromatic carbocycles. The summed E-state index contributed by atoms with van der Waals surface area (Å²) in [5.74, 6) is -0.706. The van der Waals surface area contributed by atoms with Gasteiger partial charge in [-0.3, -0.25) is 9.35 Å². The van der Waals surface area contributed by atoms with Gasteiger partial charge in [0.05, 0.1) is 25.4 Å². The summed E-state index contributed by atoms with van der Waals surface area (Å²) < 4.78 is 47.6. The first-order valence-corrected chi connectivity index (χ1v) is 27.2. The molecule has 0 spiro atoms. The van der Waals surface area contributed by atoms with Gasteiger partial charge in [-0.2, -0.15) is 8.42 Å². The lowest BCUT2D eigenvalue weighted by atomic mass is 9.99. The molecule has 8 unspecified atom stereocenters. The molecule has 64 heavy (non-hydrogen) atoms. The first-order chi connectivity index (χ1) is 30.9. The van der Waals surface area contributed by atoms with Crippen LogP contribution in [-0.4, -0.2) is 107 Å². The van der Waals surface area contributed by atoms with Crippen molar-refractivity contribution in [2.75, 3.05) is 13.2 Å². The second-order valence-electron chi connectivity index (χ2n) is 18.3. The van der Waals surface area contributed by atoms with Crippen LogP contribution in [0.1, 0.15) is 226 Å². The zero-order valence-corrected chi connectivity index (χ0v) is 41.0. The number of carbonyl (C=O) groups is 1. The number of amides is 1. The van der Waals surface area contributed by atoms with E-state index in [-0.39, 0.29) is 6.42 Å². The molecule has 1 aliphatic rings. The zero-order chi connectivity index (χ0) is 47.1. The van der Waals surface area contributed by atoms with Crippen LogP contribution in [0.25, 0.3) is 0 Å². The van der Waals surface area contributed by atoms with E-state index in [2.05, 4.69) is 35.5 Å². The van der Waals surface area contributed by atoms with Crippen molar-refractivity contribution in [2.24, 2.45) is 0 Å². The second kappa shape index (κ2) is 40.6. The van der Waals surface area contributed by atoms with Gasteiger partial charge < -0.3 is 40.3 Å². The maximum absolute atomic E-state index is 13.1. The number of aliphatic hydroxyl groups excluding tert-OH is 5. The Morgan fingerprint density at radius 2 is 1.03 bits per heavy atom. The average Bonchev–Trinajstić information content (AvgIpc) is 3.27. The van der Waals surface area contributed by atoms with Crippen LogP contribution in [0.3, 0.4) is 0 Å². The molecule has 14 heteroatoms. The highest BCUT2D eigenvalue weighted by Crippen LogP contribution is 2.26. The number of hydrogen-bond acceptors (Lipinski definition) is 11. The molecule has 1 heterocycles. The van der Waals surface area contributed by atoms with Gasteiger partial charge in [0.15, 0.2) is 6.29 Å². The monoisotopic (exact) mass is 934 g/mol. The van der Waals surface area contributed by atoms with E-state index in [1.807, 2.05) is 6.08 Å². The minimum Gasteiger partial charge on any atom is -0.394 e. The van der Waals surface area contributed by atoms with E-state index in [0.29, 0.717) is 12.8 Å². The van der Waals surface area contributed by atoms with Crippen LogP contribution in [-0.2, 0) is 28.9 Å². The van der Waals surface area contributed by atoms with E-state index in [0.717, 1.165) is 64.2 Å². The summed E-state index contributed by atoms with van der Waals surface area (Å²) in [5, 5.41) is 55.3. The van der Waals surface area contributed by atoms with Crippen LogP contribution in [0, 0.1) is 0 Å². The second-order valence-corrected chi connectivity index (χ2v) is 19.3. The predicted molar refractivity (Wildman–Crippen MR) is 256 cm³/mol. The Hall–Kier alpha value is -1.46. The third kappa shape index (κ3) is 32.3. The van der Waals surface area contributed by atoms with Gasteiger partial charge in [0.2, 0.25) is 5.91 Å². The van der Waals surface area contributed by atoms with E-state index in [9.17, 15) is 43.3 Å². The highest BCUT2D eigenvalue weighted by atomic mass is 32.3. The summed E-state index contributed by atoms with van der Waals surface area (Å²) in [6.45, 7) is 3.22. The molecular formula is C50H95NO12S. The van der Waals surface area contributed by atoms with Gasteiger partial charge in [0.25, 0.3) is 0 Å². The lowest BCUT2D eigenvalue weighted by Gasteiger charge is -2.41. The van der Waals surface area contributed by atoms with E-state index < -0.39 is 78.5 Å². The summed E-state index contributed by atoms with van der Waals surface area (Å²) in [4.78, 5) is 13.1. The third-order valence-corrected chi connectivity index (χ3v) is 12.8. The van der Waals surface area contributed by atoms with Crippen LogP contribution < -0.4 is 5.32 Å². The van der Waals surface area contributed by atoms with Gasteiger partial charge in [0.1, 0.15) is 30.5 Å². The number of aliphatic hydroxyl groups is 5. The molecule has 1 amide bonds. The van der Waals surface area contributed by atoms with Crippen molar-refractivity contribution in [1.29, 1.82) is 0 Å². The fourth-order valence-electron chi connectivity index (χ4n) is 8.22. The molecule has 378 valence electrons. The Morgan fingerprint density at radius 1 is 0.625 bits per heavy atom. The first kappa shape index (κ1) is 60.6. The maximum atomic E-state index is 13.1. The normalized spacial score (nSPS) is 20.9. The fraction of sp³-hybridized carbons (Fsp3) is 0.900. The molecule has 1 saturated heterocycles. The van der Waals surface area contributed by atoms with Crippen molar-refractivity contribution >= 4 is 16.3 Å². The molecule has 1 aliphatic heterocycles. The van der Waals surface area contributed by atoms with Gasteiger partial charge in [-0.15, -0.1) is 0 Å². The molecule has 0 bridgehead atoms. The fourth-order valence-corrected chi connectivity index (χ4v) is 8.73. The van der Waals surface area contributed by atoms with Crippen molar-refractivity contribution in [3.8, 4) is 0 Å². The molecular weight excluding hydrogens is 839 g/mol. The van der Waals surface area contributed by atoms with Crippen molar-refractivity contribution in [3.05, 3.63) is 24.3 Å². The van der Waals surface area contributed by atoms with Crippen LogP contribution in [0.4, 0.5) is 0 Å². The number of nitrogens with one attached hydrogen (secondary N) is 1. The van der Waals surface area contributed by atoms with Crippen LogP contribution in [0.15, 0.2) is 24.3 Å². The van der Waals surface area contributed by atoms with Gasteiger partial charge in [-0.25, -0.2) is 4.18 Å². The number of allylic oxidation sites excluding steroid dienone is 3. The summed E-state index contributed by atoms with van der Waals surface area (Å²) in [6, 6.07) is -1.12. The lowest BCUT2D eigenvalue weighted by Crippen LogP contribution is -2.61. The highest BCUT2D eigenvalue weighted by molar-refractivity contribution is 7.80. The largest absolute Gasteiger partial charge is 0.397 e. The highest BCUT2D eigenvalue weighted by Gasteiger charge is 2.48.